The van der Waals surface area contributed by atoms with E-state index in [9.17, 15) is 8.42 Å². The molecule has 1 fully saturated rings. The molecule has 0 radical (unpaired) electrons. The van der Waals surface area contributed by atoms with Crippen LogP contribution in [-0.2, 0) is 23.1 Å². The van der Waals surface area contributed by atoms with Crippen LogP contribution < -0.4 is 10.5 Å². The minimum Gasteiger partial charge on any atom is -0.349 e. The number of nitrogens with two attached hydrogens (primary N) is 1. The molecule has 0 unspecified atom stereocenters. The minimum absolute atomic E-state index is 0.328. The number of hydrogen-bond donors (Lipinski definition) is 2. The molecule has 0 aliphatic heterocycles. The van der Waals surface area contributed by atoms with E-state index in [1.165, 1.54) is 12.8 Å². The Labute approximate surface area is 128 Å². The standard InChI is InChI=1S/C15H27N3O2S/c1-3-18-11-15(8-14(18)9-16)21(19,20)17-10-13-6-4-12(2)5-7-13/h8,11-13,17H,3-7,9-10,16H2,1-2H3. The molecule has 0 atom stereocenters. The van der Waals surface area contributed by atoms with Gasteiger partial charge in [0.05, 0.1) is 4.90 Å². The van der Waals surface area contributed by atoms with Crippen molar-refractivity contribution in [2.75, 3.05) is 6.54 Å². The molecule has 1 aromatic heterocycles. The summed E-state index contributed by atoms with van der Waals surface area (Å²) in [7, 11) is -3.42. The predicted octanol–water partition coefficient (Wildman–Crippen LogP) is 2.07. The fourth-order valence-corrected chi connectivity index (χ4v) is 4.16. The maximum Gasteiger partial charge on any atom is 0.242 e. The van der Waals surface area contributed by atoms with E-state index in [4.69, 9.17) is 5.73 Å². The number of nitrogens with one attached hydrogen (secondary N) is 1. The van der Waals surface area contributed by atoms with Crippen LogP contribution in [0.2, 0.25) is 0 Å². The van der Waals surface area contributed by atoms with Crippen molar-refractivity contribution in [3.63, 3.8) is 0 Å². The van der Waals surface area contributed by atoms with E-state index in [1.54, 1.807) is 12.3 Å². The third-order valence-corrected chi connectivity index (χ3v) is 5.91. The summed E-state index contributed by atoms with van der Waals surface area (Å²) in [6.45, 7) is 5.87. The number of sulfonamides is 1. The van der Waals surface area contributed by atoms with Crippen molar-refractivity contribution in [2.24, 2.45) is 17.6 Å². The average molecular weight is 313 g/mol. The van der Waals surface area contributed by atoms with Crippen LogP contribution in [0.3, 0.4) is 0 Å². The number of hydrogen-bond acceptors (Lipinski definition) is 3. The smallest absolute Gasteiger partial charge is 0.242 e. The zero-order chi connectivity index (χ0) is 15.5. The lowest BCUT2D eigenvalue weighted by Crippen LogP contribution is -2.31. The molecule has 0 spiro atoms. The van der Waals surface area contributed by atoms with E-state index < -0.39 is 10.0 Å². The predicted molar refractivity (Wildman–Crippen MR) is 84.3 cm³/mol. The molecule has 6 heteroatoms. The molecular weight excluding hydrogens is 286 g/mol. The highest BCUT2D eigenvalue weighted by atomic mass is 32.2. The maximum absolute atomic E-state index is 12.4. The van der Waals surface area contributed by atoms with Crippen molar-refractivity contribution in [1.29, 1.82) is 0 Å². The van der Waals surface area contributed by atoms with Gasteiger partial charge in [0.1, 0.15) is 0 Å². The average Bonchev–Trinajstić information content (AvgIpc) is 2.91. The quantitative estimate of drug-likeness (QED) is 0.844. The van der Waals surface area contributed by atoms with Crippen LogP contribution in [0.25, 0.3) is 0 Å². The summed E-state index contributed by atoms with van der Waals surface area (Å²) in [5.74, 6) is 1.25. The summed E-state index contributed by atoms with van der Waals surface area (Å²) < 4.78 is 29.4. The van der Waals surface area contributed by atoms with Gasteiger partial charge in [-0.05, 0) is 37.7 Å². The van der Waals surface area contributed by atoms with E-state index >= 15 is 0 Å². The molecule has 21 heavy (non-hydrogen) atoms. The summed E-state index contributed by atoms with van der Waals surface area (Å²) in [6, 6.07) is 1.68. The van der Waals surface area contributed by atoms with E-state index in [2.05, 4.69) is 11.6 Å². The zero-order valence-corrected chi connectivity index (χ0v) is 13.8. The SMILES string of the molecule is CCn1cc(S(=O)(=O)NCC2CCC(C)CC2)cc1CN. The van der Waals surface area contributed by atoms with Crippen molar-refractivity contribution in [3.05, 3.63) is 18.0 Å². The van der Waals surface area contributed by atoms with Crippen molar-refractivity contribution in [3.8, 4) is 0 Å². The zero-order valence-electron chi connectivity index (χ0n) is 13.0. The van der Waals surface area contributed by atoms with Crippen molar-refractivity contribution < 1.29 is 8.42 Å². The minimum atomic E-state index is -3.42. The van der Waals surface area contributed by atoms with E-state index in [0.717, 1.165) is 31.0 Å². The summed E-state index contributed by atoms with van der Waals surface area (Å²) in [6.07, 6.45) is 6.32. The first-order valence-electron chi connectivity index (χ1n) is 7.85. The van der Waals surface area contributed by atoms with Crippen LogP contribution in [0, 0.1) is 11.8 Å². The highest BCUT2D eigenvalue weighted by molar-refractivity contribution is 7.89. The highest BCUT2D eigenvalue weighted by Gasteiger charge is 2.22. The van der Waals surface area contributed by atoms with Gasteiger partial charge in [-0.25, -0.2) is 13.1 Å². The molecule has 0 bridgehead atoms. The Hall–Kier alpha value is -0.850. The Balaban J connectivity index is 1.99. The van der Waals surface area contributed by atoms with Gasteiger partial charge in [0.25, 0.3) is 0 Å². The molecular formula is C15H27N3O2S. The Morgan fingerprint density at radius 2 is 2.00 bits per heavy atom. The van der Waals surface area contributed by atoms with Crippen LogP contribution in [0.4, 0.5) is 0 Å². The first-order valence-corrected chi connectivity index (χ1v) is 9.33. The molecule has 1 aromatic rings. The first-order chi connectivity index (χ1) is 9.96. The fourth-order valence-electron chi connectivity index (χ4n) is 2.98. The maximum atomic E-state index is 12.4. The van der Waals surface area contributed by atoms with Crippen molar-refractivity contribution in [2.45, 2.75) is 57.5 Å². The number of aryl methyl sites for hydroxylation is 1. The Bertz CT molecular complexity index is 536. The number of aromatic nitrogens is 1. The van der Waals surface area contributed by atoms with E-state index in [0.29, 0.717) is 23.9 Å². The van der Waals surface area contributed by atoms with Crippen molar-refractivity contribution >= 4 is 10.0 Å². The monoisotopic (exact) mass is 313 g/mol. The lowest BCUT2D eigenvalue weighted by molar-refractivity contribution is 0.290. The largest absolute Gasteiger partial charge is 0.349 e. The van der Waals surface area contributed by atoms with Crippen LogP contribution in [0.1, 0.15) is 45.2 Å². The Morgan fingerprint density at radius 1 is 1.33 bits per heavy atom. The summed E-state index contributed by atoms with van der Waals surface area (Å²) in [5, 5.41) is 0. The highest BCUT2D eigenvalue weighted by Crippen LogP contribution is 2.28. The van der Waals surface area contributed by atoms with Crippen LogP contribution in [0.15, 0.2) is 17.2 Å². The number of nitrogens with zero attached hydrogens (tertiary/aromatic N) is 1. The van der Waals surface area contributed by atoms with Gasteiger partial charge in [-0.3, -0.25) is 0 Å². The van der Waals surface area contributed by atoms with Gasteiger partial charge in [-0.1, -0.05) is 19.8 Å². The molecule has 120 valence electrons. The van der Waals surface area contributed by atoms with Gasteiger partial charge in [0.2, 0.25) is 10.0 Å². The topological polar surface area (TPSA) is 77.1 Å². The number of rotatable bonds is 6. The van der Waals surface area contributed by atoms with E-state index in [1.807, 2.05) is 11.5 Å². The van der Waals surface area contributed by atoms with E-state index in [-0.39, 0.29) is 0 Å². The summed E-state index contributed by atoms with van der Waals surface area (Å²) >= 11 is 0. The third kappa shape index (κ3) is 4.08. The lowest BCUT2D eigenvalue weighted by Gasteiger charge is -2.26. The molecule has 0 amide bonds. The molecule has 2 rings (SSSR count). The molecule has 1 aliphatic carbocycles. The van der Waals surface area contributed by atoms with Gasteiger partial charge in [-0.15, -0.1) is 0 Å². The normalized spacial score (nSPS) is 23.4. The summed E-state index contributed by atoms with van der Waals surface area (Å²) in [5.41, 5.74) is 6.50. The Morgan fingerprint density at radius 3 is 2.52 bits per heavy atom. The molecule has 0 aromatic carbocycles. The fraction of sp³-hybridized carbons (Fsp3) is 0.733. The van der Waals surface area contributed by atoms with Gasteiger partial charge < -0.3 is 10.3 Å². The van der Waals surface area contributed by atoms with Gasteiger partial charge >= 0.3 is 0 Å². The third-order valence-electron chi connectivity index (χ3n) is 4.52. The Kier molecular flexibility index (Phi) is 5.46. The van der Waals surface area contributed by atoms with Crippen molar-refractivity contribution in [1.82, 2.24) is 9.29 Å². The van der Waals surface area contributed by atoms with Gasteiger partial charge in [-0.2, -0.15) is 0 Å². The molecule has 5 nitrogen and oxygen atoms in total. The summed E-state index contributed by atoms with van der Waals surface area (Å²) in [4.78, 5) is 0.328. The molecule has 3 N–H and O–H groups in total. The van der Waals surface area contributed by atoms with Crippen LogP contribution in [0.5, 0.6) is 0 Å². The van der Waals surface area contributed by atoms with Crippen LogP contribution in [-0.4, -0.2) is 19.5 Å². The second kappa shape index (κ2) is 6.94. The second-order valence-electron chi connectivity index (χ2n) is 6.14. The molecule has 1 heterocycles. The van der Waals surface area contributed by atoms with Gasteiger partial charge in [0.15, 0.2) is 0 Å². The molecule has 0 saturated heterocycles. The molecule has 1 saturated carbocycles. The second-order valence-corrected chi connectivity index (χ2v) is 7.90. The molecule has 1 aliphatic rings. The lowest BCUT2D eigenvalue weighted by atomic mass is 9.83. The first kappa shape index (κ1) is 16.5. The van der Waals surface area contributed by atoms with Gasteiger partial charge in [0, 0.05) is 31.5 Å². The van der Waals surface area contributed by atoms with Crippen LogP contribution >= 0.6 is 0 Å².